The topological polar surface area (TPSA) is 61.9 Å². The summed E-state index contributed by atoms with van der Waals surface area (Å²) in [6, 6.07) is 4.14. The molecule has 1 aliphatic rings. The lowest BCUT2D eigenvalue weighted by molar-refractivity contribution is 0.0823. The summed E-state index contributed by atoms with van der Waals surface area (Å²) in [5.41, 5.74) is 3.54. The average Bonchev–Trinajstić information content (AvgIpc) is 3.29. The molecule has 3 heterocycles. The number of amides is 1. The van der Waals surface area contributed by atoms with Crippen molar-refractivity contribution in [2.24, 2.45) is 0 Å². The molecule has 0 radical (unpaired) electrons. The van der Waals surface area contributed by atoms with E-state index in [-0.39, 0.29) is 5.91 Å². The highest BCUT2D eigenvalue weighted by Gasteiger charge is 2.21. The summed E-state index contributed by atoms with van der Waals surface area (Å²) in [4.78, 5) is 18.3. The average molecular weight is 411 g/mol. The van der Waals surface area contributed by atoms with Crippen molar-refractivity contribution >= 4 is 44.5 Å². The molecule has 0 aromatic carbocycles. The van der Waals surface area contributed by atoms with E-state index < -0.39 is 0 Å². The lowest BCUT2D eigenvalue weighted by Gasteiger charge is -2.10. The van der Waals surface area contributed by atoms with Gasteiger partial charge in [-0.25, -0.2) is 0 Å². The van der Waals surface area contributed by atoms with Gasteiger partial charge in [-0.05, 0) is 41.8 Å². The van der Waals surface area contributed by atoms with Gasteiger partial charge >= 0.3 is 0 Å². The van der Waals surface area contributed by atoms with Crippen LogP contribution in [-0.2, 0) is 6.42 Å². The first-order valence-corrected chi connectivity index (χ1v) is 10.1. The molecule has 3 aromatic rings. The van der Waals surface area contributed by atoms with Gasteiger partial charge in [0.2, 0.25) is 0 Å². The quantitative estimate of drug-likeness (QED) is 0.673. The van der Waals surface area contributed by atoms with E-state index in [1.165, 1.54) is 4.90 Å². The van der Waals surface area contributed by atoms with Gasteiger partial charge in [0.1, 0.15) is 0 Å². The highest BCUT2D eigenvalue weighted by Crippen LogP contribution is 2.36. The van der Waals surface area contributed by atoms with E-state index in [0.717, 1.165) is 38.2 Å². The largest absolute Gasteiger partial charge is 0.367 e. The first kappa shape index (κ1) is 18.7. The van der Waals surface area contributed by atoms with Crippen LogP contribution in [0.4, 0.5) is 0 Å². The number of hydrogen-bond donors (Lipinski definition) is 1. The van der Waals surface area contributed by atoms with Crippen LogP contribution in [0.5, 0.6) is 0 Å². The molecule has 142 valence electrons. The van der Waals surface area contributed by atoms with Gasteiger partial charge in [-0.1, -0.05) is 23.8 Å². The second-order valence-corrected chi connectivity index (χ2v) is 8.28. The summed E-state index contributed by atoms with van der Waals surface area (Å²) in [6.45, 7) is 0. The molecular formula is C21H19ClN4OS. The van der Waals surface area contributed by atoms with Gasteiger partial charge in [-0.3, -0.25) is 4.79 Å². The van der Waals surface area contributed by atoms with E-state index in [4.69, 9.17) is 11.6 Å². The van der Waals surface area contributed by atoms with E-state index in [1.54, 1.807) is 25.4 Å². The fourth-order valence-electron chi connectivity index (χ4n) is 3.08. The number of thiophene rings is 1. The second-order valence-electron chi connectivity index (χ2n) is 6.79. The first-order chi connectivity index (χ1) is 13.5. The molecule has 0 bridgehead atoms. The third kappa shape index (κ3) is 3.66. The Morgan fingerprint density at radius 2 is 2.18 bits per heavy atom. The molecular weight excluding hydrogens is 392 g/mol. The minimum atomic E-state index is -0.142. The SMILES string of the molecule is CN(C)C(=O)c1nnc(Cc2cc[nH]c2)c2cc(C3=CC=C(Cl)C=CC3)sc12. The summed E-state index contributed by atoms with van der Waals surface area (Å²) < 4.78 is 0.874. The number of carbonyl (C=O) groups excluding carboxylic acids is 1. The van der Waals surface area contributed by atoms with Crippen LogP contribution in [0, 0.1) is 0 Å². The highest BCUT2D eigenvalue weighted by atomic mass is 35.5. The van der Waals surface area contributed by atoms with Crippen LogP contribution < -0.4 is 0 Å². The minimum absolute atomic E-state index is 0.142. The van der Waals surface area contributed by atoms with E-state index in [1.807, 2.05) is 42.8 Å². The summed E-state index contributed by atoms with van der Waals surface area (Å²) in [5.74, 6) is -0.142. The molecule has 1 amide bonds. The first-order valence-electron chi connectivity index (χ1n) is 8.88. The highest BCUT2D eigenvalue weighted by molar-refractivity contribution is 7.20. The predicted octanol–water partition coefficient (Wildman–Crippen LogP) is 4.78. The lowest BCUT2D eigenvalue weighted by Crippen LogP contribution is -2.23. The third-order valence-corrected chi connectivity index (χ3v) is 6.02. The Labute approximate surface area is 172 Å². The number of nitrogens with zero attached hydrogens (tertiary/aromatic N) is 3. The Morgan fingerprint density at radius 1 is 1.32 bits per heavy atom. The zero-order valence-corrected chi connectivity index (χ0v) is 17.1. The fourth-order valence-corrected chi connectivity index (χ4v) is 4.42. The maximum atomic E-state index is 12.6. The van der Waals surface area contributed by atoms with Crippen molar-refractivity contribution in [1.82, 2.24) is 20.1 Å². The molecule has 0 spiro atoms. The van der Waals surface area contributed by atoms with Crippen molar-refractivity contribution in [3.8, 4) is 0 Å². The number of nitrogens with one attached hydrogen (secondary N) is 1. The van der Waals surface area contributed by atoms with Crippen LogP contribution >= 0.6 is 22.9 Å². The molecule has 5 nitrogen and oxygen atoms in total. The lowest BCUT2D eigenvalue weighted by atomic mass is 10.1. The number of carbonyl (C=O) groups is 1. The van der Waals surface area contributed by atoms with Gasteiger partial charge in [-0.15, -0.1) is 16.4 Å². The van der Waals surface area contributed by atoms with Crippen molar-refractivity contribution in [2.75, 3.05) is 14.1 Å². The number of fused-ring (bicyclic) bond motifs is 1. The maximum Gasteiger partial charge on any atom is 0.275 e. The fraction of sp³-hybridized carbons (Fsp3) is 0.190. The molecule has 0 unspecified atom stereocenters. The number of H-pyrrole nitrogens is 1. The second kappa shape index (κ2) is 7.73. The van der Waals surface area contributed by atoms with Crippen molar-refractivity contribution in [3.63, 3.8) is 0 Å². The zero-order valence-electron chi connectivity index (χ0n) is 15.6. The standard InChI is InChI=1S/C21H19ClN4OS/c1-26(2)21(27)19-20-16(17(24-25-19)10-13-8-9-23-12-13)11-18(28-20)14-4-3-5-15(22)7-6-14/h3,5-9,11-12,23H,4,10H2,1-2H3. The van der Waals surface area contributed by atoms with Crippen LogP contribution in [0.25, 0.3) is 15.7 Å². The van der Waals surface area contributed by atoms with Crippen molar-refractivity contribution < 1.29 is 4.79 Å². The van der Waals surface area contributed by atoms with Gasteiger partial charge in [-0.2, -0.15) is 5.10 Å². The number of aromatic amines is 1. The number of rotatable bonds is 4. The van der Waals surface area contributed by atoms with E-state index in [0.29, 0.717) is 17.1 Å². The summed E-state index contributed by atoms with van der Waals surface area (Å²) in [7, 11) is 3.45. The molecule has 1 aliphatic carbocycles. The Bertz CT molecular complexity index is 1120. The molecule has 4 rings (SSSR count). The smallest absolute Gasteiger partial charge is 0.275 e. The predicted molar refractivity (Wildman–Crippen MR) is 115 cm³/mol. The maximum absolute atomic E-state index is 12.6. The molecule has 0 aliphatic heterocycles. The van der Waals surface area contributed by atoms with Crippen molar-refractivity contribution in [3.05, 3.63) is 75.7 Å². The van der Waals surface area contributed by atoms with Gasteiger partial charge in [0.25, 0.3) is 5.91 Å². The molecule has 0 atom stereocenters. The molecule has 0 saturated carbocycles. The molecule has 28 heavy (non-hydrogen) atoms. The molecule has 7 heteroatoms. The normalized spacial score (nSPS) is 14.0. The molecule has 0 saturated heterocycles. The van der Waals surface area contributed by atoms with Crippen LogP contribution in [0.3, 0.4) is 0 Å². The molecule has 1 N–H and O–H groups in total. The Balaban J connectivity index is 1.86. The number of allylic oxidation sites excluding steroid dienone is 6. The number of aromatic nitrogens is 3. The Morgan fingerprint density at radius 3 is 2.93 bits per heavy atom. The Hall–Kier alpha value is -2.70. The summed E-state index contributed by atoms with van der Waals surface area (Å²) >= 11 is 7.70. The minimum Gasteiger partial charge on any atom is -0.367 e. The molecule has 0 fully saturated rings. The van der Waals surface area contributed by atoms with Gasteiger partial charge in [0, 0.05) is 48.2 Å². The van der Waals surface area contributed by atoms with Gasteiger partial charge < -0.3 is 9.88 Å². The Kier molecular flexibility index (Phi) is 5.15. The van der Waals surface area contributed by atoms with Gasteiger partial charge in [0.05, 0.1) is 10.4 Å². The summed E-state index contributed by atoms with van der Waals surface area (Å²) in [6.07, 6.45) is 13.2. The van der Waals surface area contributed by atoms with Crippen molar-refractivity contribution in [1.29, 1.82) is 0 Å². The van der Waals surface area contributed by atoms with Crippen molar-refractivity contribution in [2.45, 2.75) is 12.8 Å². The number of halogens is 1. The van der Waals surface area contributed by atoms with E-state index >= 15 is 0 Å². The van der Waals surface area contributed by atoms with Crippen LogP contribution in [0.1, 0.15) is 33.0 Å². The van der Waals surface area contributed by atoms with E-state index in [2.05, 4.69) is 21.2 Å². The third-order valence-electron chi connectivity index (χ3n) is 4.55. The van der Waals surface area contributed by atoms with Crippen LogP contribution in [0.15, 0.2) is 53.9 Å². The van der Waals surface area contributed by atoms with Crippen LogP contribution in [-0.4, -0.2) is 40.1 Å². The molecule has 3 aromatic heterocycles. The monoisotopic (exact) mass is 410 g/mol. The van der Waals surface area contributed by atoms with Crippen LogP contribution in [0.2, 0.25) is 0 Å². The van der Waals surface area contributed by atoms with E-state index in [9.17, 15) is 4.79 Å². The van der Waals surface area contributed by atoms with Gasteiger partial charge in [0.15, 0.2) is 5.69 Å². The zero-order chi connectivity index (χ0) is 19.7. The number of hydrogen-bond acceptors (Lipinski definition) is 4. The summed E-state index contributed by atoms with van der Waals surface area (Å²) in [5, 5.41) is 10.4.